The predicted molar refractivity (Wildman–Crippen MR) is 121 cm³/mol. The molecule has 0 fully saturated rings. The summed E-state index contributed by atoms with van der Waals surface area (Å²) >= 11 is 1.64. The maximum Gasteiger partial charge on any atom is 0.265 e. The highest BCUT2D eigenvalue weighted by molar-refractivity contribution is 7.99. The first-order valence-electron chi connectivity index (χ1n) is 9.64. The summed E-state index contributed by atoms with van der Waals surface area (Å²) in [7, 11) is -3.81. The van der Waals surface area contributed by atoms with Crippen molar-refractivity contribution in [1.29, 1.82) is 0 Å². The summed E-state index contributed by atoms with van der Waals surface area (Å²) in [6.07, 6.45) is 0. The van der Waals surface area contributed by atoms with Gasteiger partial charge in [0.05, 0.1) is 10.6 Å². The smallest absolute Gasteiger partial charge is 0.265 e. The molecule has 1 aliphatic rings. The summed E-state index contributed by atoms with van der Waals surface area (Å²) in [4.78, 5) is 13.9. The lowest BCUT2D eigenvalue weighted by atomic mass is 10.0. The molecule has 0 saturated heterocycles. The Morgan fingerprint density at radius 2 is 1.70 bits per heavy atom. The first-order chi connectivity index (χ1) is 14.5. The summed E-state index contributed by atoms with van der Waals surface area (Å²) in [5.74, 6) is 0.388. The second kappa shape index (κ2) is 8.53. The number of aryl methyl sites for hydroxylation is 1. The van der Waals surface area contributed by atoms with Crippen LogP contribution in [0.3, 0.4) is 0 Å². The zero-order valence-electron chi connectivity index (χ0n) is 16.5. The van der Waals surface area contributed by atoms with E-state index in [4.69, 9.17) is 0 Å². The van der Waals surface area contributed by atoms with Crippen LogP contribution in [0.4, 0.5) is 5.69 Å². The number of thioether (sulfide) groups is 1. The van der Waals surface area contributed by atoms with Crippen LogP contribution < -0.4 is 9.62 Å². The highest BCUT2D eigenvalue weighted by atomic mass is 32.2. The van der Waals surface area contributed by atoms with Crippen LogP contribution in [-0.4, -0.2) is 33.2 Å². The number of sulfonamides is 1. The van der Waals surface area contributed by atoms with Crippen molar-refractivity contribution in [3.8, 4) is 11.1 Å². The molecule has 0 saturated carbocycles. The number of amides is 1. The summed E-state index contributed by atoms with van der Waals surface area (Å²) in [5, 5.41) is 2.84. The fourth-order valence-electron chi connectivity index (χ4n) is 3.48. The largest absolute Gasteiger partial charge is 0.354 e. The maximum atomic E-state index is 13.2. The molecule has 1 aliphatic heterocycles. The topological polar surface area (TPSA) is 66.5 Å². The average Bonchev–Trinajstić information content (AvgIpc) is 2.75. The van der Waals surface area contributed by atoms with Crippen molar-refractivity contribution in [3.05, 3.63) is 78.4 Å². The zero-order valence-corrected chi connectivity index (χ0v) is 18.2. The molecule has 0 aromatic heterocycles. The highest BCUT2D eigenvalue weighted by Gasteiger charge is 2.35. The van der Waals surface area contributed by atoms with Crippen LogP contribution in [0.5, 0.6) is 0 Å². The van der Waals surface area contributed by atoms with Gasteiger partial charge in [-0.05, 0) is 37.3 Å². The maximum absolute atomic E-state index is 13.2. The molecule has 0 bridgehead atoms. The summed E-state index contributed by atoms with van der Waals surface area (Å²) < 4.78 is 27.7. The Morgan fingerprint density at radius 3 is 2.50 bits per heavy atom. The Morgan fingerprint density at radius 1 is 0.967 bits per heavy atom. The van der Waals surface area contributed by atoms with Gasteiger partial charge in [-0.3, -0.25) is 9.10 Å². The van der Waals surface area contributed by atoms with Gasteiger partial charge in [0.15, 0.2) is 0 Å². The summed E-state index contributed by atoms with van der Waals surface area (Å²) in [5.41, 5.74) is 3.07. The molecule has 3 aromatic rings. The van der Waals surface area contributed by atoms with Crippen molar-refractivity contribution in [1.82, 2.24) is 5.32 Å². The molecule has 0 aliphatic carbocycles. The van der Waals surface area contributed by atoms with Gasteiger partial charge in [0.2, 0.25) is 5.91 Å². The van der Waals surface area contributed by atoms with Crippen molar-refractivity contribution in [2.24, 2.45) is 0 Å². The van der Waals surface area contributed by atoms with Crippen molar-refractivity contribution < 1.29 is 13.2 Å². The Kier molecular flexibility index (Phi) is 5.83. The minimum absolute atomic E-state index is 0.232. The fourth-order valence-corrected chi connectivity index (χ4v) is 5.92. The highest BCUT2D eigenvalue weighted by Crippen LogP contribution is 2.43. The van der Waals surface area contributed by atoms with Gasteiger partial charge in [-0.1, -0.05) is 48.0 Å². The van der Waals surface area contributed by atoms with E-state index in [1.807, 2.05) is 61.5 Å². The van der Waals surface area contributed by atoms with Crippen LogP contribution in [0, 0.1) is 6.92 Å². The van der Waals surface area contributed by atoms with E-state index >= 15 is 0 Å². The van der Waals surface area contributed by atoms with E-state index in [0.29, 0.717) is 23.5 Å². The molecule has 1 N–H and O–H groups in total. The SMILES string of the molecule is Cc1ccc2c(c1)-c1ccccc1S(=O)(=O)N2CC(=O)NCCSc1ccccc1. The lowest BCUT2D eigenvalue weighted by Gasteiger charge is -2.31. The zero-order chi connectivity index (χ0) is 21.1. The van der Waals surface area contributed by atoms with Crippen LogP contribution in [0.2, 0.25) is 0 Å². The number of carbonyl (C=O) groups is 1. The van der Waals surface area contributed by atoms with E-state index in [1.165, 1.54) is 4.31 Å². The number of nitrogens with one attached hydrogen (secondary N) is 1. The number of anilines is 1. The third kappa shape index (κ3) is 4.08. The molecule has 3 aromatic carbocycles. The Balaban J connectivity index is 1.50. The van der Waals surface area contributed by atoms with E-state index in [-0.39, 0.29) is 17.3 Å². The normalized spacial score (nSPS) is 14.0. The molecule has 5 nitrogen and oxygen atoms in total. The second-order valence-corrected chi connectivity index (χ2v) is 10.0. The lowest BCUT2D eigenvalue weighted by molar-refractivity contribution is -0.119. The van der Waals surface area contributed by atoms with Crippen LogP contribution in [-0.2, 0) is 14.8 Å². The van der Waals surface area contributed by atoms with E-state index in [9.17, 15) is 13.2 Å². The number of rotatable bonds is 6. The van der Waals surface area contributed by atoms with E-state index < -0.39 is 10.0 Å². The molecule has 0 unspecified atom stereocenters. The van der Waals surface area contributed by atoms with Gasteiger partial charge in [0.1, 0.15) is 6.54 Å². The molecule has 0 atom stereocenters. The van der Waals surface area contributed by atoms with Crippen LogP contribution >= 0.6 is 11.8 Å². The van der Waals surface area contributed by atoms with Crippen molar-refractivity contribution >= 4 is 33.4 Å². The number of fused-ring (bicyclic) bond motifs is 3. The second-order valence-electron chi connectivity index (χ2n) is 7.04. The average molecular weight is 439 g/mol. The lowest BCUT2D eigenvalue weighted by Crippen LogP contribution is -2.43. The molecule has 154 valence electrons. The third-order valence-electron chi connectivity index (χ3n) is 4.89. The molecule has 7 heteroatoms. The predicted octanol–water partition coefficient (Wildman–Crippen LogP) is 4.08. The molecule has 1 heterocycles. The molecule has 30 heavy (non-hydrogen) atoms. The Labute approximate surface area is 181 Å². The van der Waals surface area contributed by atoms with Crippen LogP contribution in [0.1, 0.15) is 5.56 Å². The molecule has 1 amide bonds. The van der Waals surface area contributed by atoms with Gasteiger partial charge in [0, 0.05) is 28.3 Å². The van der Waals surface area contributed by atoms with Gasteiger partial charge in [-0.2, -0.15) is 0 Å². The van der Waals surface area contributed by atoms with Crippen LogP contribution in [0.25, 0.3) is 11.1 Å². The minimum Gasteiger partial charge on any atom is -0.354 e. The number of nitrogens with zero attached hydrogens (tertiary/aromatic N) is 1. The Hall–Kier alpha value is -2.77. The van der Waals surface area contributed by atoms with Crippen LogP contribution in [0.15, 0.2) is 82.6 Å². The molecule has 0 radical (unpaired) electrons. The molecular formula is C23H22N2O3S2. The van der Waals surface area contributed by atoms with Crippen molar-refractivity contribution in [2.45, 2.75) is 16.7 Å². The van der Waals surface area contributed by atoms with E-state index in [0.717, 1.165) is 16.0 Å². The third-order valence-corrected chi connectivity index (χ3v) is 7.72. The number of hydrogen-bond acceptors (Lipinski definition) is 4. The van der Waals surface area contributed by atoms with Gasteiger partial charge >= 0.3 is 0 Å². The van der Waals surface area contributed by atoms with Crippen molar-refractivity contribution in [3.63, 3.8) is 0 Å². The van der Waals surface area contributed by atoms with Gasteiger partial charge < -0.3 is 5.32 Å². The first-order valence-corrected chi connectivity index (χ1v) is 12.1. The van der Waals surface area contributed by atoms with Crippen molar-refractivity contribution in [2.75, 3.05) is 23.1 Å². The number of benzene rings is 3. The quantitative estimate of drug-likeness (QED) is 0.465. The van der Waals surface area contributed by atoms with Gasteiger partial charge in [0.25, 0.3) is 10.0 Å². The van der Waals surface area contributed by atoms with E-state index in [2.05, 4.69) is 5.32 Å². The number of carbonyl (C=O) groups excluding carboxylic acids is 1. The number of hydrogen-bond donors (Lipinski definition) is 1. The van der Waals surface area contributed by atoms with Gasteiger partial charge in [-0.25, -0.2) is 8.42 Å². The minimum atomic E-state index is -3.81. The van der Waals surface area contributed by atoms with Gasteiger partial charge in [-0.15, -0.1) is 11.8 Å². The molecular weight excluding hydrogens is 416 g/mol. The Bertz CT molecular complexity index is 1180. The molecule has 0 spiro atoms. The summed E-state index contributed by atoms with van der Waals surface area (Å²) in [6, 6.07) is 22.5. The van der Waals surface area contributed by atoms with E-state index in [1.54, 1.807) is 30.0 Å². The monoisotopic (exact) mass is 438 g/mol. The summed E-state index contributed by atoms with van der Waals surface area (Å²) in [6.45, 7) is 2.18. The molecule has 4 rings (SSSR count). The standard InChI is InChI=1S/C23H22N2O3S2/c1-17-11-12-21-20(15-17)19-9-5-6-10-22(19)30(27,28)25(21)16-23(26)24-13-14-29-18-7-3-2-4-8-18/h2-12,15H,13-14,16H2,1H3,(H,24,26). The fraction of sp³-hybridized carbons (Fsp3) is 0.174. The first kappa shape index (κ1) is 20.5.